The number of benzene rings is 1. The highest BCUT2D eigenvalue weighted by Gasteiger charge is 2.47. The van der Waals surface area contributed by atoms with Gasteiger partial charge >= 0.3 is 11.9 Å². The minimum atomic E-state index is -0.944. The number of ether oxygens (including phenoxy) is 2. The molecule has 0 radical (unpaired) electrons. The highest BCUT2D eigenvalue weighted by Crippen LogP contribution is 2.41. The van der Waals surface area contributed by atoms with E-state index in [0.29, 0.717) is 6.42 Å². The van der Waals surface area contributed by atoms with Crippen LogP contribution >= 0.6 is 0 Å². The van der Waals surface area contributed by atoms with Crippen LogP contribution in [0.5, 0.6) is 0 Å². The first-order valence-corrected chi connectivity index (χ1v) is 8.01. The summed E-state index contributed by atoms with van der Waals surface area (Å²) in [4.78, 5) is 37.0. The van der Waals surface area contributed by atoms with Crippen molar-refractivity contribution in [3.63, 3.8) is 0 Å². The predicted molar refractivity (Wildman–Crippen MR) is 83.7 cm³/mol. The molecule has 1 saturated carbocycles. The topological polar surface area (TPSA) is 69.7 Å². The Hall–Kier alpha value is -2.17. The first-order valence-electron chi connectivity index (χ1n) is 8.01. The molecule has 0 saturated heterocycles. The minimum absolute atomic E-state index is 0.169. The Labute approximate surface area is 136 Å². The normalized spacial score (nSPS) is 24.1. The number of hydrogen-bond donors (Lipinski definition) is 0. The zero-order chi connectivity index (χ0) is 16.8. The molecule has 0 unspecified atom stereocenters. The first-order chi connectivity index (χ1) is 11.1. The summed E-state index contributed by atoms with van der Waals surface area (Å²) >= 11 is 0. The van der Waals surface area contributed by atoms with Gasteiger partial charge in [-0.3, -0.25) is 14.4 Å². The van der Waals surface area contributed by atoms with Gasteiger partial charge in [-0.25, -0.2) is 0 Å². The van der Waals surface area contributed by atoms with Crippen LogP contribution in [-0.4, -0.2) is 30.9 Å². The Kier molecular flexibility index (Phi) is 5.90. The van der Waals surface area contributed by atoms with E-state index in [4.69, 9.17) is 9.47 Å². The molecule has 0 aliphatic heterocycles. The number of carbonyl (C=O) groups is 3. The SMILES string of the molecule is CCOC(=O)[C@H]1C(=O)CC[C@@H](C(=O)OCC)[C@@H]1c1ccccc1. The monoisotopic (exact) mass is 318 g/mol. The molecule has 1 aliphatic carbocycles. The van der Waals surface area contributed by atoms with Crippen LogP contribution in [-0.2, 0) is 23.9 Å². The average molecular weight is 318 g/mol. The lowest BCUT2D eigenvalue weighted by Crippen LogP contribution is -2.42. The van der Waals surface area contributed by atoms with E-state index in [1.54, 1.807) is 13.8 Å². The van der Waals surface area contributed by atoms with E-state index in [-0.39, 0.29) is 31.4 Å². The second-order valence-electron chi connectivity index (χ2n) is 5.53. The molecule has 23 heavy (non-hydrogen) atoms. The summed E-state index contributed by atoms with van der Waals surface area (Å²) in [6.45, 7) is 3.92. The lowest BCUT2D eigenvalue weighted by atomic mass is 9.68. The molecular weight excluding hydrogens is 296 g/mol. The highest BCUT2D eigenvalue weighted by atomic mass is 16.5. The quantitative estimate of drug-likeness (QED) is 0.616. The van der Waals surface area contributed by atoms with Gasteiger partial charge in [0.15, 0.2) is 0 Å². The van der Waals surface area contributed by atoms with Crippen molar-refractivity contribution in [2.75, 3.05) is 13.2 Å². The summed E-state index contributed by atoms with van der Waals surface area (Å²) in [5.41, 5.74) is 0.789. The van der Waals surface area contributed by atoms with E-state index in [2.05, 4.69) is 0 Å². The average Bonchev–Trinajstić information content (AvgIpc) is 2.55. The Morgan fingerprint density at radius 3 is 2.26 bits per heavy atom. The van der Waals surface area contributed by atoms with Gasteiger partial charge in [0.2, 0.25) is 0 Å². The van der Waals surface area contributed by atoms with Crippen molar-refractivity contribution in [1.82, 2.24) is 0 Å². The number of rotatable bonds is 5. The molecule has 1 aromatic carbocycles. The lowest BCUT2D eigenvalue weighted by Gasteiger charge is -2.34. The zero-order valence-electron chi connectivity index (χ0n) is 13.5. The fourth-order valence-corrected chi connectivity index (χ4v) is 3.19. The molecular formula is C18H22O5. The summed E-state index contributed by atoms with van der Waals surface area (Å²) in [7, 11) is 0. The van der Waals surface area contributed by atoms with Gasteiger partial charge in [0.05, 0.1) is 19.1 Å². The smallest absolute Gasteiger partial charge is 0.317 e. The lowest BCUT2D eigenvalue weighted by molar-refractivity contribution is -0.159. The Morgan fingerprint density at radius 2 is 1.65 bits per heavy atom. The third kappa shape index (κ3) is 3.78. The Bertz CT molecular complexity index is 566. The second-order valence-corrected chi connectivity index (χ2v) is 5.53. The molecule has 0 N–H and O–H groups in total. The van der Waals surface area contributed by atoms with Crippen molar-refractivity contribution in [3.8, 4) is 0 Å². The van der Waals surface area contributed by atoms with E-state index < -0.39 is 23.7 Å². The van der Waals surface area contributed by atoms with Gasteiger partial charge in [-0.05, 0) is 25.8 Å². The van der Waals surface area contributed by atoms with Gasteiger partial charge in [0, 0.05) is 12.3 Å². The predicted octanol–water partition coefficient (Wildman–Crippen LogP) is 2.49. The van der Waals surface area contributed by atoms with E-state index in [1.807, 2.05) is 30.3 Å². The van der Waals surface area contributed by atoms with Gasteiger partial charge in [0.25, 0.3) is 0 Å². The number of esters is 2. The van der Waals surface area contributed by atoms with E-state index >= 15 is 0 Å². The van der Waals surface area contributed by atoms with Crippen LogP contribution in [0.15, 0.2) is 30.3 Å². The van der Waals surface area contributed by atoms with Crippen LogP contribution in [0.25, 0.3) is 0 Å². The molecule has 0 aromatic heterocycles. The molecule has 1 fully saturated rings. The van der Waals surface area contributed by atoms with Crippen LogP contribution < -0.4 is 0 Å². The maximum atomic E-state index is 12.4. The molecule has 3 atom stereocenters. The van der Waals surface area contributed by atoms with Crippen molar-refractivity contribution >= 4 is 17.7 Å². The molecule has 1 aromatic rings. The maximum absolute atomic E-state index is 12.4. The van der Waals surface area contributed by atoms with E-state index in [9.17, 15) is 14.4 Å². The van der Waals surface area contributed by atoms with Crippen LogP contribution in [0, 0.1) is 11.8 Å². The molecule has 1 aliphatic rings. The van der Waals surface area contributed by atoms with E-state index in [0.717, 1.165) is 5.56 Å². The van der Waals surface area contributed by atoms with Gasteiger partial charge in [-0.15, -0.1) is 0 Å². The molecule has 5 nitrogen and oxygen atoms in total. The van der Waals surface area contributed by atoms with Gasteiger partial charge in [0.1, 0.15) is 11.7 Å². The molecule has 0 spiro atoms. The highest BCUT2D eigenvalue weighted by molar-refractivity contribution is 6.01. The van der Waals surface area contributed by atoms with Crippen LogP contribution in [0.2, 0.25) is 0 Å². The number of ketones is 1. The maximum Gasteiger partial charge on any atom is 0.317 e. The van der Waals surface area contributed by atoms with Crippen molar-refractivity contribution in [2.24, 2.45) is 11.8 Å². The fraction of sp³-hybridized carbons (Fsp3) is 0.500. The molecule has 2 rings (SSSR count). The van der Waals surface area contributed by atoms with Crippen molar-refractivity contribution in [2.45, 2.75) is 32.6 Å². The number of Topliss-reactive ketones (excluding diaryl/α,β-unsaturated/α-hetero) is 1. The van der Waals surface area contributed by atoms with Crippen LogP contribution in [0.1, 0.15) is 38.2 Å². The van der Waals surface area contributed by atoms with Gasteiger partial charge < -0.3 is 9.47 Å². The van der Waals surface area contributed by atoms with Crippen LogP contribution in [0.3, 0.4) is 0 Å². The first kappa shape index (κ1) is 17.2. The number of hydrogen-bond acceptors (Lipinski definition) is 5. The standard InChI is InChI=1S/C18H22O5/c1-3-22-17(20)13-10-11-14(19)16(18(21)23-4-2)15(13)12-8-6-5-7-9-12/h5-9,13,15-16H,3-4,10-11H2,1-2H3/t13-,15+,16+/m1/s1. The molecule has 0 amide bonds. The summed E-state index contributed by atoms with van der Waals surface area (Å²) in [6.07, 6.45) is 0.587. The second kappa shape index (κ2) is 7.90. The summed E-state index contributed by atoms with van der Waals surface area (Å²) in [6, 6.07) is 9.19. The van der Waals surface area contributed by atoms with Crippen molar-refractivity contribution in [1.29, 1.82) is 0 Å². The summed E-state index contributed by atoms with van der Waals surface area (Å²) in [5.74, 6) is -3.07. The summed E-state index contributed by atoms with van der Waals surface area (Å²) < 4.78 is 10.2. The van der Waals surface area contributed by atoms with Crippen LogP contribution in [0.4, 0.5) is 0 Å². The minimum Gasteiger partial charge on any atom is -0.466 e. The third-order valence-corrected chi connectivity index (χ3v) is 4.16. The number of carbonyl (C=O) groups excluding carboxylic acids is 3. The van der Waals surface area contributed by atoms with Gasteiger partial charge in [-0.1, -0.05) is 30.3 Å². The molecule has 5 heteroatoms. The molecule has 124 valence electrons. The molecule has 0 heterocycles. The largest absolute Gasteiger partial charge is 0.466 e. The van der Waals surface area contributed by atoms with Crippen molar-refractivity contribution in [3.05, 3.63) is 35.9 Å². The third-order valence-electron chi connectivity index (χ3n) is 4.16. The summed E-state index contributed by atoms with van der Waals surface area (Å²) in [5, 5.41) is 0. The van der Waals surface area contributed by atoms with E-state index in [1.165, 1.54) is 0 Å². The Balaban J connectivity index is 2.41. The molecule has 0 bridgehead atoms. The van der Waals surface area contributed by atoms with Gasteiger partial charge in [-0.2, -0.15) is 0 Å². The van der Waals surface area contributed by atoms with Crippen molar-refractivity contribution < 1.29 is 23.9 Å². The fourth-order valence-electron chi connectivity index (χ4n) is 3.19. The zero-order valence-corrected chi connectivity index (χ0v) is 13.5. The Morgan fingerprint density at radius 1 is 1.04 bits per heavy atom.